The van der Waals surface area contributed by atoms with Gasteiger partial charge in [0, 0.05) is 16.2 Å². The number of anilines is 1. The van der Waals surface area contributed by atoms with E-state index in [1.165, 1.54) is 3.57 Å². The van der Waals surface area contributed by atoms with E-state index in [9.17, 15) is 4.79 Å². The Morgan fingerprint density at radius 1 is 1.40 bits per heavy atom. The minimum Gasteiger partial charge on any atom is -0.381 e. The van der Waals surface area contributed by atoms with Crippen molar-refractivity contribution in [1.82, 2.24) is 10.2 Å². The number of ether oxygens (including phenoxy) is 1. The van der Waals surface area contributed by atoms with E-state index in [4.69, 9.17) is 4.74 Å². The fourth-order valence-corrected chi connectivity index (χ4v) is 2.49. The number of carbonyl (C=O) groups is 1. The van der Waals surface area contributed by atoms with Crippen LogP contribution >= 0.6 is 22.6 Å². The zero-order valence-corrected chi connectivity index (χ0v) is 12.9. The highest BCUT2D eigenvalue weighted by molar-refractivity contribution is 14.1. The van der Waals surface area contributed by atoms with Gasteiger partial charge >= 0.3 is 0 Å². The highest BCUT2D eigenvalue weighted by atomic mass is 127. The second-order valence-corrected chi connectivity index (χ2v) is 5.97. The van der Waals surface area contributed by atoms with Crippen molar-refractivity contribution in [1.29, 1.82) is 0 Å². The molecule has 1 aromatic heterocycles. The number of aromatic amines is 1. The van der Waals surface area contributed by atoms with Crippen LogP contribution in [0.2, 0.25) is 0 Å². The Morgan fingerprint density at radius 2 is 2.20 bits per heavy atom. The van der Waals surface area contributed by atoms with E-state index in [1.54, 1.807) is 0 Å². The molecule has 1 atom stereocenters. The van der Waals surface area contributed by atoms with Gasteiger partial charge in [-0.05, 0) is 46.7 Å². The minimum atomic E-state index is -0.0616. The van der Waals surface area contributed by atoms with Crippen molar-refractivity contribution in [3.05, 3.63) is 33.9 Å². The summed E-state index contributed by atoms with van der Waals surface area (Å²) in [4.78, 5) is 12.0. The Balaban J connectivity index is 1.70. The second-order valence-electron chi connectivity index (χ2n) is 4.72. The van der Waals surface area contributed by atoms with Crippen LogP contribution in [0.3, 0.4) is 0 Å². The van der Waals surface area contributed by atoms with Gasteiger partial charge in [-0.15, -0.1) is 0 Å². The average Bonchev–Trinajstić information content (AvgIpc) is 3.10. The maximum Gasteiger partial charge on any atom is 0.231 e. The molecule has 1 aliphatic heterocycles. The van der Waals surface area contributed by atoms with Gasteiger partial charge in [-0.25, -0.2) is 0 Å². The lowest BCUT2D eigenvalue weighted by atomic mass is 10.1. The number of amides is 1. The van der Waals surface area contributed by atoms with E-state index in [2.05, 4.69) is 38.1 Å². The van der Waals surface area contributed by atoms with E-state index >= 15 is 0 Å². The van der Waals surface area contributed by atoms with Gasteiger partial charge in [-0.2, -0.15) is 5.10 Å². The first-order chi connectivity index (χ1) is 9.72. The number of aromatic nitrogens is 2. The first-order valence-corrected chi connectivity index (χ1v) is 7.50. The van der Waals surface area contributed by atoms with Crippen LogP contribution in [0.5, 0.6) is 0 Å². The number of rotatable bonds is 3. The summed E-state index contributed by atoms with van der Waals surface area (Å²) in [5.74, 6) is 0.465. The highest BCUT2D eigenvalue weighted by Crippen LogP contribution is 2.21. The maximum atomic E-state index is 12.0. The van der Waals surface area contributed by atoms with Gasteiger partial charge in [-0.1, -0.05) is 12.1 Å². The third kappa shape index (κ3) is 3.01. The summed E-state index contributed by atoms with van der Waals surface area (Å²) in [5, 5.41) is 9.89. The van der Waals surface area contributed by atoms with E-state index in [0.717, 1.165) is 17.7 Å². The van der Waals surface area contributed by atoms with Crippen LogP contribution in [0, 0.1) is 9.49 Å². The van der Waals surface area contributed by atoms with Crippen LogP contribution in [0.4, 0.5) is 5.82 Å². The van der Waals surface area contributed by atoms with E-state index in [0.29, 0.717) is 19.0 Å². The van der Waals surface area contributed by atoms with Crippen LogP contribution < -0.4 is 5.32 Å². The first kappa shape index (κ1) is 13.6. The van der Waals surface area contributed by atoms with Crippen molar-refractivity contribution in [3.8, 4) is 11.3 Å². The van der Waals surface area contributed by atoms with Crippen molar-refractivity contribution in [2.24, 2.45) is 5.92 Å². The number of benzene rings is 1. The molecule has 2 heterocycles. The number of hydrogen-bond donors (Lipinski definition) is 2. The molecule has 20 heavy (non-hydrogen) atoms. The topological polar surface area (TPSA) is 67.0 Å². The molecule has 1 fully saturated rings. The molecule has 1 amide bonds. The third-order valence-electron chi connectivity index (χ3n) is 3.28. The largest absolute Gasteiger partial charge is 0.381 e. The standard InChI is InChI=1S/C14H14IN3O2/c15-11-3-1-9(2-4-11)12-7-13(18-17-12)16-14(19)10-5-6-20-8-10/h1-4,7,10H,5-6,8H2,(H2,16,17,18,19)/t10-/m0/s1. The summed E-state index contributed by atoms with van der Waals surface area (Å²) in [5.41, 5.74) is 1.93. The average molecular weight is 383 g/mol. The van der Waals surface area contributed by atoms with Crippen molar-refractivity contribution >= 4 is 34.3 Å². The number of halogens is 1. The molecule has 0 spiro atoms. The maximum absolute atomic E-state index is 12.0. The monoisotopic (exact) mass is 383 g/mol. The van der Waals surface area contributed by atoms with Gasteiger partial charge in [0.2, 0.25) is 5.91 Å². The summed E-state index contributed by atoms with van der Waals surface area (Å²) in [6.07, 6.45) is 0.778. The lowest BCUT2D eigenvalue weighted by Crippen LogP contribution is -2.22. The predicted molar refractivity (Wildman–Crippen MR) is 84.3 cm³/mol. The molecule has 1 aromatic carbocycles. The zero-order chi connectivity index (χ0) is 13.9. The van der Waals surface area contributed by atoms with Gasteiger partial charge in [0.25, 0.3) is 0 Å². The summed E-state index contributed by atoms with van der Waals surface area (Å²) >= 11 is 2.26. The summed E-state index contributed by atoms with van der Waals surface area (Å²) in [6, 6.07) is 9.95. The molecule has 104 valence electrons. The summed E-state index contributed by atoms with van der Waals surface area (Å²) < 4.78 is 6.39. The number of nitrogens with zero attached hydrogens (tertiary/aromatic N) is 1. The fourth-order valence-electron chi connectivity index (χ4n) is 2.13. The first-order valence-electron chi connectivity index (χ1n) is 6.42. The smallest absolute Gasteiger partial charge is 0.231 e. The molecule has 1 aliphatic rings. The number of nitrogens with one attached hydrogen (secondary N) is 2. The lowest BCUT2D eigenvalue weighted by Gasteiger charge is -2.05. The Morgan fingerprint density at radius 3 is 2.90 bits per heavy atom. The molecule has 1 saturated heterocycles. The second kappa shape index (κ2) is 5.92. The van der Waals surface area contributed by atoms with Gasteiger partial charge < -0.3 is 10.1 Å². The van der Waals surface area contributed by atoms with Crippen LogP contribution in [0.25, 0.3) is 11.3 Å². The number of H-pyrrole nitrogens is 1. The number of carbonyl (C=O) groups excluding carboxylic acids is 1. The third-order valence-corrected chi connectivity index (χ3v) is 4.00. The van der Waals surface area contributed by atoms with Gasteiger partial charge in [-0.3, -0.25) is 9.89 Å². The highest BCUT2D eigenvalue weighted by Gasteiger charge is 2.24. The molecule has 6 heteroatoms. The van der Waals surface area contributed by atoms with Crippen molar-refractivity contribution in [3.63, 3.8) is 0 Å². The van der Waals surface area contributed by atoms with Gasteiger partial charge in [0.05, 0.1) is 18.2 Å². The Kier molecular flexibility index (Phi) is 4.02. The molecule has 5 nitrogen and oxygen atoms in total. The molecular formula is C14H14IN3O2. The minimum absolute atomic E-state index is 0.0249. The molecule has 0 bridgehead atoms. The van der Waals surface area contributed by atoms with Crippen LogP contribution in [0.1, 0.15) is 6.42 Å². The molecule has 0 radical (unpaired) electrons. The van der Waals surface area contributed by atoms with E-state index in [1.807, 2.05) is 30.3 Å². The van der Waals surface area contributed by atoms with Crippen molar-refractivity contribution in [2.45, 2.75) is 6.42 Å². The zero-order valence-electron chi connectivity index (χ0n) is 10.7. The van der Waals surface area contributed by atoms with Crippen molar-refractivity contribution < 1.29 is 9.53 Å². The van der Waals surface area contributed by atoms with E-state index in [-0.39, 0.29) is 11.8 Å². The van der Waals surface area contributed by atoms with Gasteiger partial charge in [0.1, 0.15) is 0 Å². The normalized spacial score (nSPS) is 18.1. The Hall–Kier alpha value is -1.41. The summed E-state index contributed by atoms with van der Waals surface area (Å²) in [7, 11) is 0. The van der Waals surface area contributed by atoms with Gasteiger partial charge in [0.15, 0.2) is 5.82 Å². The van der Waals surface area contributed by atoms with Crippen LogP contribution in [0.15, 0.2) is 30.3 Å². The molecular weight excluding hydrogens is 369 g/mol. The molecule has 0 unspecified atom stereocenters. The molecule has 0 saturated carbocycles. The molecule has 3 rings (SSSR count). The molecule has 2 N–H and O–H groups in total. The molecule has 0 aliphatic carbocycles. The Labute approximate surface area is 130 Å². The quantitative estimate of drug-likeness (QED) is 0.801. The van der Waals surface area contributed by atoms with E-state index < -0.39 is 0 Å². The van der Waals surface area contributed by atoms with Crippen LogP contribution in [-0.4, -0.2) is 29.3 Å². The number of hydrogen-bond acceptors (Lipinski definition) is 3. The SMILES string of the molecule is O=C(Nc1cc(-c2ccc(I)cc2)[nH]n1)[C@H]1CCOC1. The van der Waals surface area contributed by atoms with Crippen molar-refractivity contribution in [2.75, 3.05) is 18.5 Å². The fraction of sp³-hybridized carbons (Fsp3) is 0.286. The summed E-state index contributed by atoms with van der Waals surface area (Å²) in [6.45, 7) is 1.16. The molecule has 2 aromatic rings. The Bertz CT molecular complexity index is 603. The predicted octanol–water partition coefficient (Wildman–Crippen LogP) is 2.66. The van der Waals surface area contributed by atoms with Crippen LogP contribution in [-0.2, 0) is 9.53 Å². The lowest BCUT2D eigenvalue weighted by molar-refractivity contribution is -0.119.